The second-order valence-electron chi connectivity index (χ2n) is 5.89. The SMILES string of the molecule is O=C(O)CN1C(=O)S/C(=C/c2cc(I)c(OCc3cccc(F)c3)c(I)c2)C1=O. The van der Waals surface area contributed by atoms with Crippen molar-refractivity contribution in [3.05, 3.63) is 65.4 Å². The zero-order valence-corrected chi connectivity index (χ0v) is 19.7. The minimum absolute atomic E-state index is 0.163. The summed E-state index contributed by atoms with van der Waals surface area (Å²) in [7, 11) is 0. The van der Waals surface area contributed by atoms with Gasteiger partial charge in [-0.2, -0.15) is 0 Å². The van der Waals surface area contributed by atoms with Gasteiger partial charge in [0, 0.05) is 0 Å². The molecule has 29 heavy (non-hydrogen) atoms. The van der Waals surface area contributed by atoms with E-state index >= 15 is 0 Å². The van der Waals surface area contributed by atoms with Crippen molar-refractivity contribution in [2.45, 2.75) is 6.61 Å². The zero-order valence-electron chi connectivity index (χ0n) is 14.5. The molecule has 0 saturated carbocycles. The Labute approximate surface area is 196 Å². The van der Waals surface area contributed by atoms with Crippen molar-refractivity contribution in [1.82, 2.24) is 4.90 Å². The van der Waals surface area contributed by atoms with E-state index in [2.05, 4.69) is 45.2 Å². The molecule has 2 aromatic rings. The van der Waals surface area contributed by atoms with Crippen molar-refractivity contribution in [2.75, 3.05) is 6.54 Å². The Morgan fingerprint density at radius 3 is 2.52 bits per heavy atom. The minimum atomic E-state index is -1.25. The number of imide groups is 1. The van der Waals surface area contributed by atoms with Crippen LogP contribution in [0.25, 0.3) is 6.08 Å². The van der Waals surface area contributed by atoms with Gasteiger partial charge in [0.2, 0.25) is 0 Å². The number of hydrogen-bond acceptors (Lipinski definition) is 5. The third-order valence-electron chi connectivity index (χ3n) is 3.76. The molecule has 1 aliphatic heterocycles. The summed E-state index contributed by atoms with van der Waals surface area (Å²) < 4.78 is 20.7. The highest BCUT2D eigenvalue weighted by Gasteiger charge is 2.36. The van der Waals surface area contributed by atoms with Gasteiger partial charge in [-0.25, -0.2) is 4.39 Å². The minimum Gasteiger partial charge on any atom is -0.487 e. The molecule has 0 aliphatic carbocycles. The van der Waals surface area contributed by atoms with Crippen molar-refractivity contribution >= 4 is 80.1 Å². The predicted molar refractivity (Wildman–Crippen MR) is 123 cm³/mol. The molecule has 1 heterocycles. The van der Waals surface area contributed by atoms with Crippen molar-refractivity contribution in [3.63, 3.8) is 0 Å². The highest BCUT2D eigenvalue weighted by molar-refractivity contribution is 14.1. The van der Waals surface area contributed by atoms with Crippen LogP contribution >= 0.6 is 56.9 Å². The van der Waals surface area contributed by atoms with Crippen LogP contribution in [0.4, 0.5) is 9.18 Å². The Hall–Kier alpha value is -1.67. The third-order valence-corrected chi connectivity index (χ3v) is 6.27. The lowest BCUT2D eigenvalue weighted by Gasteiger charge is -2.12. The molecule has 10 heteroatoms. The summed E-state index contributed by atoms with van der Waals surface area (Å²) in [6.45, 7) is -0.457. The van der Waals surface area contributed by atoms with Gasteiger partial charge in [-0.1, -0.05) is 12.1 Å². The first-order valence-electron chi connectivity index (χ1n) is 8.08. The normalized spacial score (nSPS) is 15.3. The fourth-order valence-corrected chi connectivity index (χ4v) is 5.47. The maximum Gasteiger partial charge on any atom is 0.323 e. The number of amides is 2. The second-order valence-corrected chi connectivity index (χ2v) is 9.21. The molecular weight excluding hydrogens is 627 g/mol. The molecule has 0 radical (unpaired) electrons. The summed E-state index contributed by atoms with van der Waals surface area (Å²) in [5.74, 6) is -1.58. The summed E-state index contributed by atoms with van der Waals surface area (Å²) in [6.07, 6.45) is 1.55. The van der Waals surface area contributed by atoms with Crippen molar-refractivity contribution in [3.8, 4) is 5.75 Å². The maximum absolute atomic E-state index is 13.3. The number of thioether (sulfide) groups is 1. The van der Waals surface area contributed by atoms with Gasteiger partial charge >= 0.3 is 5.97 Å². The van der Waals surface area contributed by atoms with Crippen LogP contribution in [0.5, 0.6) is 5.75 Å². The van der Waals surface area contributed by atoms with E-state index in [0.29, 0.717) is 33.5 Å². The molecule has 1 fully saturated rings. The van der Waals surface area contributed by atoms with E-state index in [0.717, 1.165) is 7.14 Å². The van der Waals surface area contributed by atoms with Crippen LogP contribution < -0.4 is 4.74 Å². The summed E-state index contributed by atoms with van der Waals surface area (Å²) in [5, 5.41) is 8.22. The Balaban J connectivity index is 1.78. The fraction of sp³-hybridized carbons (Fsp3) is 0.105. The van der Waals surface area contributed by atoms with Gasteiger partial charge in [-0.15, -0.1) is 0 Å². The van der Waals surface area contributed by atoms with E-state index in [-0.39, 0.29) is 17.3 Å². The van der Waals surface area contributed by atoms with Gasteiger partial charge in [0.1, 0.15) is 24.7 Å². The van der Waals surface area contributed by atoms with Gasteiger partial charge in [0.25, 0.3) is 11.1 Å². The molecule has 1 saturated heterocycles. The number of nitrogens with zero attached hydrogens (tertiary/aromatic N) is 1. The smallest absolute Gasteiger partial charge is 0.323 e. The van der Waals surface area contributed by atoms with Crippen molar-refractivity contribution < 1.29 is 28.6 Å². The van der Waals surface area contributed by atoms with Crippen molar-refractivity contribution in [2.24, 2.45) is 0 Å². The number of rotatable bonds is 6. The van der Waals surface area contributed by atoms with E-state index in [4.69, 9.17) is 9.84 Å². The molecule has 6 nitrogen and oxygen atoms in total. The molecule has 0 atom stereocenters. The van der Waals surface area contributed by atoms with Crippen LogP contribution in [0, 0.1) is 13.0 Å². The largest absolute Gasteiger partial charge is 0.487 e. The monoisotopic (exact) mass is 639 g/mol. The standard InChI is InChI=1S/C19H12FI2NO5S/c20-12-3-1-2-10(4-12)9-28-17-13(21)5-11(6-14(17)22)7-15-18(26)23(8-16(24)25)19(27)29-15/h1-7H,8-9H2,(H,24,25)/b15-7+. The van der Waals surface area contributed by atoms with E-state index in [9.17, 15) is 18.8 Å². The first kappa shape index (κ1) is 22.0. The summed E-state index contributed by atoms with van der Waals surface area (Å²) in [6, 6.07) is 9.73. The van der Waals surface area contributed by atoms with E-state index in [1.807, 2.05) is 0 Å². The molecule has 0 aromatic heterocycles. The number of halogens is 3. The number of hydrogen-bond donors (Lipinski definition) is 1. The highest BCUT2D eigenvalue weighted by Crippen LogP contribution is 2.35. The van der Waals surface area contributed by atoms with Crippen LogP contribution in [-0.2, 0) is 16.2 Å². The Morgan fingerprint density at radius 2 is 1.90 bits per heavy atom. The van der Waals surface area contributed by atoms with E-state index in [1.165, 1.54) is 12.1 Å². The quantitative estimate of drug-likeness (QED) is 0.364. The van der Waals surface area contributed by atoms with Crippen LogP contribution in [0.15, 0.2) is 41.3 Å². The topological polar surface area (TPSA) is 83.9 Å². The van der Waals surface area contributed by atoms with E-state index < -0.39 is 23.7 Å². The summed E-state index contributed by atoms with van der Waals surface area (Å²) in [4.78, 5) is 35.8. The number of aliphatic carboxylic acids is 1. The number of carbonyl (C=O) groups excluding carboxylic acids is 2. The molecular formula is C19H12FI2NO5S. The molecule has 1 aliphatic rings. The number of carboxylic acids is 1. The molecule has 1 N–H and O–H groups in total. The molecule has 0 unspecified atom stereocenters. The van der Waals surface area contributed by atoms with Gasteiger partial charge < -0.3 is 9.84 Å². The molecule has 3 rings (SSSR count). The molecule has 2 amide bonds. The van der Waals surface area contributed by atoms with Gasteiger partial charge in [-0.3, -0.25) is 19.3 Å². The highest BCUT2D eigenvalue weighted by atomic mass is 127. The molecule has 0 spiro atoms. The zero-order chi connectivity index (χ0) is 21.1. The Bertz CT molecular complexity index is 1020. The summed E-state index contributed by atoms with van der Waals surface area (Å²) in [5.41, 5.74) is 1.38. The third kappa shape index (κ3) is 5.48. The first-order chi connectivity index (χ1) is 13.7. The van der Waals surface area contributed by atoms with Crippen LogP contribution in [0.3, 0.4) is 0 Å². The average molecular weight is 639 g/mol. The van der Waals surface area contributed by atoms with Gasteiger partial charge in [-0.05, 0) is 98.4 Å². The molecule has 150 valence electrons. The lowest BCUT2D eigenvalue weighted by atomic mass is 10.2. The molecule has 0 bridgehead atoms. The first-order valence-corrected chi connectivity index (χ1v) is 11.1. The van der Waals surface area contributed by atoms with Crippen LogP contribution in [0.1, 0.15) is 11.1 Å². The van der Waals surface area contributed by atoms with E-state index in [1.54, 1.807) is 30.3 Å². The number of benzene rings is 2. The Morgan fingerprint density at radius 1 is 1.21 bits per heavy atom. The lowest BCUT2D eigenvalue weighted by Crippen LogP contribution is -2.33. The number of carbonyl (C=O) groups is 3. The summed E-state index contributed by atoms with van der Waals surface area (Å²) >= 11 is 4.90. The average Bonchev–Trinajstić information content (AvgIpc) is 2.88. The van der Waals surface area contributed by atoms with Gasteiger partial charge in [0.05, 0.1) is 12.0 Å². The maximum atomic E-state index is 13.3. The van der Waals surface area contributed by atoms with Gasteiger partial charge in [0.15, 0.2) is 0 Å². The lowest BCUT2D eigenvalue weighted by molar-refractivity contribution is -0.140. The predicted octanol–water partition coefficient (Wildman–Crippen LogP) is 4.73. The number of ether oxygens (including phenoxy) is 1. The Kier molecular flexibility index (Phi) is 7.16. The number of carboxylic acid groups (broad SMARTS) is 1. The molecule has 2 aromatic carbocycles. The van der Waals surface area contributed by atoms with Crippen LogP contribution in [-0.4, -0.2) is 33.7 Å². The van der Waals surface area contributed by atoms with Crippen molar-refractivity contribution in [1.29, 1.82) is 0 Å². The van der Waals surface area contributed by atoms with Crippen LogP contribution in [0.2, 0.25) is 0 Å². The fourth-order valence-electron chi connectivity index (χ4n) is 2.51. The second kappa shape index (κ2) is 9.43.